The van der Waals surface area contributed by atoms with E-state index in [0.717, 1.165) is 0 Å². The molecule has 1 aliphatic heterocycles. The summed E-state index contributed by atoms with van der Waals surface area (Å²) in [5.41, 5.74) is 0. The molecule has 51 heavy (non-hydrogen) atoms. The van der Waals surface area contributed by atoms with Gasteiger partial charge in [-0.25, -0.2) is 0 Å². The summed E-state index contributed by atoms with van der Waals surface area (Å²) in [5.74, 6) is 0. The Balaban J connectivity index is 2.15. The van der Waals surface area contributed by atoms with Crippen LogP contribution in [0.25, 0.3) is 0 Å². The van der Waals surface area contributed by atoms with Gasteiger partial charge >= 0.3 is 0 Å². The smallest absolute Gasteiger partial charge is 0.101 e. The fourth-order valence-electron chi connectivity index (χ4n) is 8.48. The van der Waals surface area contributed by atoms with Gasteiger partial charge in [-0.2, -0.15) is 0 Å². The Hall–Kier alpha value is -0.660. The van der Waals surface area contributed by atoms with Crippen LogP contribution in [0, 0.1) is 0 Å². The molecule has 1 rings (SSSR count). The summed E-state index contributed by atoms with van der Waals surface area (Å²) < 4.78 is 0. The number of unbranched alkanes of at least 4 members (excludes halogenated alkanes) is 37. The van der Waals surface area contributed by atoms with Crippen molar-refractivity contribution in [1.82, 2.24) is 9.80 Å². The third kappa shape index (κ3) is 32.5. The molecule has 0 aromatic carbocycles. The lowest BCUT2D eigenvalue weighted by molar-refractivity contribution is 0.135. The number of rotatable bonds is 43. The zero-order valence-corrected chi connectivity index (χ0v) is 36.0. The van der Waals surface area contributed by atoms with E-state index in [0.29, 0.717) is 6.17 Å². The summed E-state index contributed by atoms with van der Waals surface area (Å²) in [7, 11) is 0. The summed E-state index contributed by atoms with van der Waals surface area (Å²) in [6.45, 7) is 9.49. The van der Waals surface area contributed by atoms with Gasteiger partial charge in [0.2, 0.25) is 0 Å². The molecular weight excluding hydrogens is 617 g/mol. The number of hydrogen-bond donors (Lipinski definition) is 0. The highest BCUT2D eigenvalue weighted by atomic mass is 15.4. The maximum atomic E-state index is 2.74. The van der Waals surface area contributed by atoms with E-state index < -0.39 is 0 Å². The normalized spacial score (nSPS) is 14.5. The van der Waals surface area contributed by atoms with Crippen molar-refractivity contribution in [2.75, 3.05) is 13.1 Å². The van der Waals surface area contributed by atoms with Gasteiger partial charge in [0.1, 0.15) is 6.17 Å². The third-order valence-corrected chi connectivity index (χ3v) is 12.1. The van der Waals surface area contributed by atoms with E-state index in [4.69, 9.17) is 0 Å². The molecule has 0 aromatic rings. The van der Waals surface area contributed by atoms with E-state index in [-0.39, 0.29) is 0 Å². The molecule has 0 spiro atoms. The van der Waals surface area contributed by atoms with Crippen LogP contribution < -0.4 is 0 Å². The zero-order chi connectivity index (χ0) is 36.6. The Morgan fingerprint density at radius 3 is 0.686 bits per heavy atom. The second kappa shape index (κ2) is 40.5. The number of nitrogens with zero attached hydrogens (tertiary/aromatic N) is 2. The minimum absolute atomic E-state index is 0.637. The fourth-order valence-corrected chi connectivity index (χ4v) is 8.48. The first-order valence-electron chi connectivity index (χ1n) is 24.5. The molecule has 2 nitrogen and oxygen atoms in total. The number of hydrogen-bond acceptors (Lipinski definition) is 2. The maximum absolute atomic E-state index is 2.74. The minimum Gasteiger partial charge on any atom is -0.356 e. The molecule has 2 heteroatoms. The average Bonchev–Trinajstić information content (AvgIpc) is 3.53. The molecule has 0 radical (unpaired) electrons. The monoisotopic (exact) mass is 715 g/mol. The van der Waals surface area contributed by atoms with Crippen LogP contribution in [0.2, 0.25) is 0 Å². The molecule has 0 aliphatic carbocycles. The van der Waals surface area contributed by atoms with Crippen molar-refractivity contribution in [3.8, 4) is 0 Å². The first kappa shape index (κ1) is 48.4. The second-order valence-corrected chi connectivity index (χ2v) is 17.1. The van der Waals surface area contributed by atoms with Gasteiger partial charge in [0.15, 0.2) is 0 Å². The predicted molar refractivity (Wildman–Crippen MR) is 233 cm³/mol. The van der Waals surface area contributed by atoms with Gasteiger partial charge in [-0.15, -0.1) is 0 Å². The summed E-state index contributed by atoms with van der Waals surface area (Å²) >= 11 is 0. The standard InChI is InChI=1S/C49H98N2/c1-4-7-10-13-16-19-21-23-25-26-27-29-31-33-35-38-41-44-49-50(45-42-39-36-18-15-12-9-6-3)47-48-51(49)46-43-40-37-34-32-30-28-24-22-20-17-14-11-8-5-2/h47-49H,4-46H2,1-3H3. The molecule has 1 atom stereocenters. The molecular formula is C49H98N2. The molecule has 0 aromatic heterocycles. The van der Waals surface area contributed by atoms with Crippen molar-refractivity contribution in [3.05, 3.63) is 12.4 Å². The maximum Gasteiger partial charge on any atom is 0.101 e. The molecule has 0 fully saturated rings. The van der Waals surface area contributed by atoms with E-state index >= 15 is 0 Å². The molecule has 1 heterocycles. The Bertz CT molecular complexity index is 673. The van der Waals surface area contributed by atoms with Crippen molar-refractivity contribution in [3.63, 3.8) is 0 Å². The van der Waals surface area contributed by atoms with E-state index in [9.17, 15) is 0 Å². The third-order valence-electron chi connectivity index (χ3n) is 12.1. The Kier molecular flexibility index (Phi) is 38.4. The van der Waals surface area contributed by atoms with Crippen molar-refractivity contribution >= 4 is 0 Å². The Morgan fingerprint density at radius 2 is 0.451 bits per heavy atom. The van der Waals surface area contributed by atoms with Gasteiger partial charge in [0.25, 0.3) is 0 Å². The summed E-state index contributed by atoms with van der Waals surface area (Å²) in [4.78, 5) is 5.47. The SMILES string of the molecule is CCCCCCCCCCCCCCCCCCCC1N(CCCCCCCCCC)C=CN1CCCCCCCCCCCCCCCCC. The summed E-state index contributed by atoms with van der Waals surface area (Å²) in [6, 6.07) is 0. The Morgan fingerprint density at radius 1 is 0.255 bits per heavy atom. The van der Waals surface area contributed by atoms with Crippen LogP contribution in [0.3, 0.4) is 0 Å². The molecule has 0 saturated heterocycles. The van der Waals surface area contributed by atoms with Gasteiger partial charge < -0.3 is 9.80 Å². The lowest BCUT2D eigenvalue weighted by Crippen LogP contribution is -2.39. The molecule has 0 saturated carbocycles. The molecule has 0 bridgehead atoms. The highest BCUT2D eigenvalue weighted by Gasteiger charge is 2.24. The van der Waals surface area contributed by atoms with Crippen molar-refractivity contribution < 1.29 is 0 Å². The predicted octanol–water partition coefficient (Wildman–Crippen LogP) is 17.5. The second-order valence-electron chi connectivity index (χ2n) is 17.1. The topological polar surface area (TPSA) is 6.48 Å². The first-order valence-corrected chi connectivity index (χ1v) is 24.5. The lowest BCUT2D eigenvalue weighted by atomic mass is 10.0. The molecule has 0 amide bonds. The van der Waals surface area contributed by atoms with Crippen LogP contribution in [0.15, 0.2) is 12.4 Å². The van der Waals surface area contributed by atoms with Crippen LogP contribution in [-0.2, 0) is 0 Å². The van der Waals surface area contributed by atoms with Gasteiger partial charge in [-0.3, -0.25) is 0 Å². The van der Waals surface area contributed by atoms with E-state index in [1.54, 1.807) is 0 Å². The van der Waals surface area contributed by atoms with Crippen LogP contribution in [-0.4, -0.2) is 29.1 Å². The van der Waals surface area contributed by atoms with E-state index in [1.165, 1.54) is 276 Å². The van der Waals surface area contributed by atoms with E-state index in [1.807, 2.05) is 0 Å². The van der Waals surface area contributed by atoms with Crippen molar-refractivity contribution in [1.29, 1.82) is 0 Å². The fraction of sp³-hybridized carbons (Fsp3) is 0.959. The first-order chi connectivity index (χ1) is 25.3. The Labute approximate surface area is 324 Å². The van der Waals surface area contributed by atoms with Crippen LogP contribution in [0.5, 0.6) is 0 Å². The quantitative estimate of drug-likeness (QED) is 0.0580. The van der Waals surface area contributed by atoms with Gasteiger partial charge in [-0.1, -0.05) is 258 Å². The van der Waals surface area contributed by atoms with Gasteiger partial charge in [-0.05, 0) is 25.7 Å². The molecule has 1 unspecified atom stereocenters. The minimum atomic E-state index is 0.637. The van der Waals surface area contributed by atoms with Crippen molar-refractivity contribution in [2.45, 2.75) is 290 Å². The molecule has 0 N–H and O–H groups in total. The highest BCUT2D eigenvalue weighted by molar-refractivity contribution is 4.97. The van der Waals surface area contributed by atoms with Crippen LogP contribution in [0.4, 0.5) is 0 Å². The zero-order valence-electron chi connectivity index (χ0n) is 36.0. The lowest BCUT2D eigenvalue weighted by Gasteiger charge is -2.33. The van der Waals surface area contributed by atoms with Gasteiger partial charge in [0.05, 0.1) is 0 Å². The van der Waals surface area contributed by atoms with Crippen molar-refractivity contribution in [2.24, 2.45) is 0 Å². The van der Waals surface area contributed by atoms with Gasteiger partial charge in [0, 0.05) is 25.5 Å². The largest absolute Gasteiger partial charge is 0.356 e. The molecule has 1 aliphatic rings. The highest BCUT2D eigenvalue weighted by Crippen LogP contribution is 2.24. The van der Waals surface area contributed by atoms with E-state index in [2.05, 4.69) is 43.0 Å². The van der Waals surface area contributed by atoms with Crippen LogP contribution in [0.1, 0.15) is 284 Å². The molecule has 304 valence electrons. The van der Waals surface area contributed by atoms with Crippen LogP contribution >= 0.6 is 0 Å². The summed E-state index contributed by atoms with van der Waals surface area (Å²) in [6.07, 6.45) is 64.9. The average molecular weight is 715 g/mol. The summed E-state index contributed by atoms with van der Waals surface area (Å²) in [5, 5.41) is 0.